The van der Waals surface area contributed by atoms with Gasteiger partial charge < -0.3 is 9.64 Å². The molecule has 1 heterocycles. The van der Waals surface area contributed by atoms with Gasteiger partial charge in [0.2, 0.25) is 0 Å². The topological polar surface area (TPSA) is 81.5 Å². The van der Waals surface area contributed by atoms with Crippen LogP contribution in [0.4, 0.5) is 0 Å². The lowest BCUT2D eigenvalue weighted by atomic mass is 10.3. The van der Waals surface area contributed by atoms with Gasteiger partial charge in [-0.05, 0) is 19.4 Å². The van der Waals surface area contributed by atoms with Gasteiger partial charge >= 0.3 is 5.97 Å². The molecule has 1 aromatic rings. The van der Waals surface area contributed by atoms with Gasteiger partial charge in [0.1, 0.15) is 12.2 Å². The van der Waals surface area contributed by atoms with Crippen molar-refractivity contribution < 1.29 is 14.3 Å². The normalized spacial score (nSPS) is 10.2. The van der Waals surface area contributed by atoms with Gasteiger partial charge in [-0.3, -0.25) is 14.4 Å². The minimum absolute atomic E-state index is 0.129. The summed E-state index contributed by atoms with van der Waals surface area (Å²) in [4.78, 5) is 36.1. The molecule has 1 amide bonds. The van der Waals surface area contributed by atoms with E-state index in [1.165, 1.54) is 28.8 Å². The highest BCUT2D eigenvalue weighted by Crippen LogP contribution is 1.99. The maximum Gasteiger partial charge on any atom is 0.325 e. The van der Waals surface area contributed by atoms with Crippen LogP contribution < -0.4 is 5.56 Å². The summed E-state index contributed by atoms with van der Waals surface area (Å²) in [7, 11) is 1.48. The third-order valence-corrected chi connectivity index (χ3v) is 2.54. The van der Waals surface area contributed by atoms with Crippen molar-refractivity contribution in [3.8, 4) is 0 Å². The third-order valence-electron chi connectivity index (χ3n) is 2.54. The number of carbonyl (C=O) groups excluding carboxylic acids is 2. The molecule has 0 saturated heterocycles. The molecule has 0 aliphatic carbocycles. The van der Waals surface area contributed by atoms with E-state index in [1.54, 1.807) is 6.92 Å². The Kier molecular flexibility index (Phi) is 5.89. The molecule has 0 atom stereocenters. The van der Waals surface area contributed by atoms with E-state index < -0.39 is 11.9 Å². The van der Waals surface area contributed by atoms with Crippen LogP contribution >= 0.6 is 0 Å². The van der Waals surface area contributed by atoms with Crippen molar-refractivity contribution in [3.63, 3.8) is 0 Å². The predicted molar refractivity (Wildman–Crippen MR) is 72.4 cm³/mol. The van der Waals surface area contributed by atoms with Crippen LogP contribution in [-0.2, 0) is 16.1 Å². The summed E-state index contributed by atoms with van der Waals surface area (Å²) in [6.45, 7) is 4.17. The second-order valence-corrected chi connectivity index (χ2v) is 4.25. The Balaban J connectivity index is 2.83. The summed E-state index contributed by atoms with van der Waals surface area (Å²) in [5.74, 6) is -0.909. The fourth-order valence-electron chi connectivity index (χ4n) is 1.60. The number of ether oxygens (including phenoxy) is 1. The molecule has 0 spiro atoms. The van der Waals surface area contributed by atoms with E-state index in [9.17, 15) is 14.4 Å². The van der Waals surface area contributed by atoms with Crippen LogP contribution in [0.25, 0.3) is 0 Å². The Morgan fingerprint density at radius 3 is 2.65 bits per heavy atom. The number of aromatic nitrogens is 2. The number of hydrogen-bond acceptors (Lipinski definition) is 5. The van der Waals surface area contributed by atoms with Gasteiger partial charge in [-0.25, -0.2) is 4.68 Å². The standard InChI is InChI=1S/C13H19N3O4/c1-4-8-16-11(17)7-6-10(14-16)13(19)15(3)9-12(18)20-5-2/h6-7H,4-5,8-9H2,1-3H3. The first-order valence-corrected chi connectivity index (χ1v) is 6.48. The second kappa shape index (κ2) is 7.42. The molecular weight excluding hydrogens is 262 g/mol. The van der Waals surface area contributed by atoms with Crippen molar-refractivity contribution in [3.05, 3.63) is 28.2 Å². The van der Waals surface area contributed by atoms with Gasteiger partial charge in [-0.1, -0.05) is 6.92 Å². The number of nitrogens with zero attached hydrogens (tertiary/aromatic N) is 3. The van der Waals surface area contributed by atoms with Crippen LogP contribution in [-0.4, -0.2) is 46.8 Å². The van der Waals surface area contributed by atoms with E-state index in [0.717, 1.165) is 6.42 Å². The van der Waals surface area contributed by atoms with Gasteiger partial charge in [0.05, 0.1) is 6.61 Å². The van der Waals surface area contributed by atoms with E-state index >= 15 is 0 Å². The lowest BCUT2D eigenvalue weighted by molar-refractivity contribution is -0.143. The highest BCUT2D eigenvalue weighted by molar-refractivity contribution is 5.93. The Bertz CT molecular complexity index is 539. The van der Waals surface area contributed by atoms with Crippen LogP contribution in [0, 0.1) is 0 Å². The SMILES string of the molecule is CCCn1nc(C(=O)N(C)CC(=O)OCC)ccc1=O. The van der Waals surface area contributed by atoms with Crippen molar-refractivity contribution in [2.45, 2.75) is 26.8 Å². The minimum Gasteiger partial charge on any atom is -0.465 e. The zero-order valence-electron chi connectivity index (χ0n) is 12.0. The van der Waals surface area contributed by atoms with Crippen LogP contribution in [0.15, 0.2) is 16.9 Å². The molecular formula is C13H19N3O4. The largest absolute Gasteiger partial charge is 0.465 e. The minimum atomic E-state index is -0.481. The van der Waals surface area contributed by atoms with E-state index in [0.29, 0.717) is 6.54 Å². The number of hydrogen-bond donors (Lipinski definition) is 0. The predicted octanol–water partition coefficient (Wildman–Crippen LogP) is 0.288. The lowest BCUT2D eigenvalue weighted by Crippen LogP contribution is -2.35. The van der Waals surface area contributed by atoms with E-state index in [4.69, 9.17) is 4.74 Å². The lowest BCUT2D eigenvalue weighted by Gasteiger charge is -2.15. The fraction of sp³-hybridized carbons (Fsp3) is 0.538. The molecule has 0 saturated carbocycles. The average Bonchev–Trinajstić information content (AvgIpc) is 2.41. The summed E-state index contributed by atoms with van der Waals surface area (Å²) in [5, 5.41) is 4.00. The molecule has 0 fully saturated rings. The third kappa shape index (κ3) is 4.18. The highest BCUT2D eigenvalue weighted by atomic mass is 16.5. The highest BCUT2D eigenvalue weighted by Gasteiger charge is 2.17. The number of esters is 1. The molecule has 0 aliphatic heterocycles. The Morgan fingerprint density at radius 2 is 2.05 bits per heavy atom. The maximum absolute atomic E-state index is 12.1. The van der Waals surface area contributed by atoms with Crippen LogP contribution in [0.3, 0.4) is 0 Å². The summed E-state index contributed by atoms with van der Waals surface area (Å²) in [6, 6.07) is 2.66. The number of carbonyl (C=O) groups is 2. The van der Waals surface area contributed by atoms with Gasteiger partial charge in [-0.2, -0.15) is 5.10 Å². The molecule has 1 rings (SSSR count). The molecule has 0 aromatic carbocycles. The molecule has 0 aliphatic rings. The monoisotopic (exact) mass is 281 g/mol. The Labute approximate surface area is 117 Å². The molecule has 20 heavy (non-hydrogen) atoms. The molecule has 7 nitrogen and oxygen atoms in total. The summed E-state index contributed by atoms with van der Waals surface area (Å²) in [5.41, 5.74) is -0.124. The smallest absolute Gasteiger partial charge is 0.325 e. The maximum atomic E-state index is 12.1. The molecule has 0 radical (unpaired) electrons. The van der Waals surface area contributed by atoms with Crippen LogP contribution in [0.2, 0.25) is 0 Å². The van der Waals surface area contributed by atoms with Crippen molar-refractivity contribution >= 4 is 11.9 Å². The van der Waals surface area contributed by atoms with E-state index in [1.807, 2.05) is 6.92 Å². The first-order chi connectivity index (χ1) is 9.49. The van der Waals surface area contributed by atoms with Crippen molar-refractivity contribution in [2.24, 2.45) is 0 Å². The number of amides is 1. The van der Waals surface area contributed by atoms with Gasteiger partial charge in [0.25, 0.3) is 11.5 Å². The van der Waals surface area contributed by atoms with Crippen molar-refractivity contribution in [2.75, 3.05) is 20.2 Å². The van der Waals surface area contributed by atoms with E-state index in [-0.39, 0.29) is 24.4 Å². The Hall–Kier alpha value is -2.18. The van der Waals surface area contributed by atoms with Gasteiger partial charge in [0.15, 0.2) is 0 Å². The van der Waals surface area contributed by atoms with Crippen molar-refractivity contribution in [1.82, 2.24) is 14.7 Å². The molecule has 1 aromatic heterocycles. The van der Waals surface area contributed by atoms with Crippen LogP contribution in [0.5, 0.6) is 0 Å². The number of likely N-dealkylation sites (N-methyl/N-ethyl adjacent to an activating group) is 1. The summed E-state index contributed by atoms with van der Waals surface area (Å²) in [6.07, 6.45) is 0.739. The summed E-state index contributed by atoms with van der Waals surface area (Å²) < 4.78 is 6.01. The first kappa shape index (κ1) is 15.9. The molecule has 7 heteroatoms. The van der Waals surface area contributed by atoms with Gasteiger partial charge in [-0.15, -0.1) is 0 Å². The summed E-state index contributed by atoms with van der Waals surface area (Å²) >= 11 is 0. The second-order valence-electron chi connectivity index (χ2n) is 4.25. The van der Waals surface area contributed by atoms with Crippen LogP contribution in [0.1, 0.15) is 30.8 Å². The molecule has 0 N–H and O–H groups in total. The first-order valence-electron chi connectivity index (χ1n) is 6.48. The fourth-order valence-corrected chi connectivity index (χ4v) is 1.60. The van der Waals surface area contributed by atoms with E-state index in [2.05, 4.69) is 5.10 Å². The average molecular weight is 281 g/mol. The number of aryl methyl sites for hydroxylation is 1. The quantitative estimate of drug-likeness (QED) is 0.700. The van der Waals surface area contributed by atoms with Gasteiger partial charge in [0, 0.05) is 19.7 Å². The van der Waals surface area contributed by atoms with Crippen molar-refractivity contribution in [1.29, 1.82) is 0 Å². The zero-order chi connectivity index (χ0) is 15.1. The Morgan fingerprint density at radius 1 is 1.35 bits per heavy atom. The zero-order valence-corrected chi connectivity index (χ0v) is 12.0. The molecule has 0 unspecified atom stereocenters. The molecule has 0 bridgehead atoms. The number of rotatable bonds is 6. The molecule has 110 valence electrons.